The van der Waals surface area contributed by atoms with Crippen molar-refractivity contribution in [3.63, 3.8) is 0 Å². The highest BCUT2D eigenvalue weighted by Gasteiger charge is 2.32. The molecule has 0 saturated carbocycles. The molecular formula is C18H29F3N4O. The van der Waals surface area contributed by atoms with Gasteiger partial charge >= 0.3 is 6.18 Å². The third kappa shape index (κ3) is 8.12. The highest BCUT2D eigenvalue weighted by atomic mass is 19.4. The Labute approximate surface area is 153 Å². The Morgan fingerprint density at radius 3 is 2.69 bits per heavy atom. The molecule has 0 unspecified atom stereocenters. The zero-order chi connectivity index (χ0) is 18.8. The second-order valence-electron chi connectivity index (χ2n) is 6.64. The third-order valence-electron chi connectivity index (χ3n) is 4.51. The van der Waals surface area contributed by atoms with Crippen LogP contribution in [0.1, 0.15) is 31.9 Å². The molecule has 0 aromatic carbocycles. The first-order valence-corrected chi connectivity index (χ1v) is 9.30. The summed E-state index contributed by atoms with van der Waals surface area (Å²) in [6.45, 7) is 4.46. The summed E-state index contributed by atoms with van der Waals surface area (Å²) >= 11 is 0. The predicted octanol–water partition coefficient (Wildman–Crippen LogP) is 3.04. The van der Waals surface area contributed by atoms with Crippen molar-refractivity contribution < 1.29 is 17.6 Å². The van der Waals surface area contributed by atoms with Crippen molar-refractivity contribution in [2.24, 2.45) is 10.9 Å². The predicted molar refractivity (Wildman–Crippen MR) is 96.2 cm³/mol. The minimum atomic E-state index is -4.10. The first kappa shape index (κ1) is 20.6. The molecule has 2 rings (SSSR count). The highest BCUT2D eigenvalue weighted by Crippen LogP contribution is 2.24. The molecule has 2 N–H and O–H groups in total. The molecule has 148 valence electrons. The van der Waals surface area contributed by atoms with E-state index in [-0.39, 0.29) is 0 Å². The molecule has 0 radical (unpaired) electrons. The van der Waals surface area contributed by atoms with Crippen LogP contribution in [0, 0.1) is 5.92 Å². The minimum Gasteiger partial charge on any atom is -0.469 e. The van der Waals surface area contributed by atoms with Crippen molar-refractivity contribution >= 4 is 5.96 Å². The molecule has 2 heterocycles. The molecule has 1 fully saturated rings. The maximum Gasteiger partial charge on any atom is 0.401 e. The number of hydrogen-bond acceptors (Lipinski definition) is 3. The summed E-state index contributed by atoms with van der Waals surface area (Å²) in [5, 5.41) is 6.48. The molecule has 1 aliphatic rings. The van der Waals surface area contributed by atoms with Crippen LogP contribution in [0.25, 0.3) is 0 Å². The molecule has 5 nitrogen and oxygen atoms in total. The number of alkyl halides is 3. The largest absolute Gasteiger partial charge is 0.469 e. The van der Waals surface area contributed by atoms with Crippen LogP contribution in [-0.4, -0.2) is 56.3 Å². The second-order valence-corrected chi connectivity index (χ2v) is 6.64. The molecule has 26 heavy (non-hydrogen) atoms. The maximum atomic E-state index is 12.4. The van der Waals surface area contributed by atoms with Gasteiger partial charge in [0.2, 0.25) is 0 Å². The Morgan fingerprint density at radius 2 is 2.08 bits per heavy atom. The van der Waals surface area contributed by atoms with Crippen LogP contribution >= 0.6 is 0 Å². The fourth-order valence-electron chi connectivity index (χ4n) is 3.15. The van der Waals surface area contributed by atoms with E-state index in [0.29, 0.717) is 25.6 Å². The van der Waals surface area contributed by atoms with Crippen molar-refractivity contribution in [3.05, 3.63) is 24.2 Å². The fraction of sp³-hybridized carbons (Fsp3) is 0.722. The van der Waals surface area contributed by atoms with Gasteiger partial charge in [-0.25, -0.2) is 0 Å². The Balaban J connectivity index is 1.66. The van der Waals surface area contributed by atoms with E-state index in [9.17, 15) is 13.2 Å². The molecule has 1 saturated heterocycles. The van der Waals surface area contributed by atoms with Gasteiger partial charge in [0.25, 0.3) is 0 Å². The number of piperidine rings is 1. The van der Waals surface area contributed by atoms with Crippen molar-refractivity contribution in [2.75, 3.05) is 39.3 Å². The fourth-order valence-corrected chi connectivity index (χ4v) is 3.15. The summed E-state index contributed by atoms with van der Waals surface area (Å²) in [5.41, 5.74) is 0. The standard InChI is InChI=1S/C18H29F3N4O/c1-2-22-17(24-10-6-16-4-3-13-26-16)23-9-5-15-7-11-25(12-8-15)14-18(19,20)21/h3-4,13,15H,2,5-12,14H2,1H3,(H2,22,23,24). The SMILES string of the molecule is CCNC(=NCCC1CCN(CC(F)(F)F)CC1)NCCc1ccco1. The Bertz CT molecular complexity index is 523. The molecule has 1 aromatic heterocycles. The van der Waals surface area contributed by atoms with Crippen LogP contribution in [0.3, 0.4) is 0 Å². The molecule has 1 aromatic rings. The molecule has 8 heteroatoms. The highest BCUT2D eigenvalue weighted by molar-refractivity contribution is 5.79. The van der Waals surface area contributed by atoms with E-state index in [4.69, 9.17) is 4.42 Å². The van der Waals surface area contributed by atoms with E-state index in [1.54, 1.807) is 6.26 Å². The van der Waals surface area contributed by atoms with Gasteiger partial charge in [0.05, 0.1) is 12.8 Å². The van der Waals surface area contributed by atoms with Crippen LogP contribution in [0.5, 0.6) is 0 Å². The van der Waals surface area contributed by atoms with Crippen LogP contribution in [-0.2, 0) is 6.42 Å². The molecule has 0 amide bonds. The molecule has 1 aliphatic heterocycles. The Kier molecular flexibility index (Phi) is 8.28. The maximum absolute atomic E-state index is 12.4. The van der Waals surface area contributed by atoms with Crippen LogP contribution in [0.2, 0.25) is 0 Å². The van der Waals surface area contributed by atoms with Gasteiger partial charge in [0, 0.05) is 26.1 Å². The molecule has 0 bridgehead atoms. The average molecular weight is 374 g/mol. The van der Waals surface area contributed by atoms with Gasteiger partial charge in [-0.3, -0.25) is 9.89 Å². The molecule has 0 atom stereocenters. The monoisotopic (exact) mass is 374 g/mol. The van der Waals surface area contributed by atoms with Crippen molar-refractivity contribution in [3.8, 4) is 0 Å². The van der Waals surface area contributed by atoms with Gasteiger partial charge in [-0.2, -0.15) is 13.2 Å². The van der Waals surface area contributed by atoms with Gasteiger partial charge in [0.15, 0.2) is 5.96 Å². The zero-order valence-electron chi connectivity index (χ0n) is 15.3. The molecule has 0 aliphatic carbocycles. The smallest absolute Gasteiger partial charge is 0.401 e. The van der Waals surface area contributed by atoms with Gasteiger partial charge in [-0.15, -0.1) is 0 Å². The van der Waals surface area contributed by atoms with Crippen molar-refractivity contribution in [1.82, 2.24) is 15.5 Å². The van der Waals surface area contributed by atoms with Crippen molar-refractivity contribution in [2.45, 2.75) is 38.8 Å². The lowest BCUT2D eigenvalue weighted by molar-refractivity contribution is -0.148. The number of rotatable bonds is 8. The summed E-state index contributed by atoms with van der Waals surface area (Å²) in [4.78, 5) is 6.08. The lowest BCUT2D eigenvalue weighted by Crippen LogP contribution is -2.40. The van der Waals surface area contributed by atoms with E-state index in [1.807, 2.05) is 19.1 Å². The summed E-state index contributed by atoms with van der Waals surface area (Å²) in [6, 6.07) is 3.81. The van der Waals surface area contributed by atoms with Gasteiger partial charge in [-0.05, 0) is 57.3 Å². The number of aliphatic imine (C=N–C) groups is 1. The minimum absolute atomic E-state index is 0.453. The number of nitrogens with one attached hydrogen (secondary N) is 2. The van der Waals surface area contributed by atoms with Crippen LogP contribution < -0.4 is 10.6 Å². The van der Waals surface area contributed by atoms with E-state index < -0.39 is 12.7 Å². The quantitative estimate of drug-likeness (QED) is 0.543. The number of hydrogen-bond donors (Lipinski definition) is 2. The Hall–Kier alpha value is -1.70. The first-order chi connectivity index (χ1) is 12.5. The Morgan fingerprint density at radius 1 is 1.31 bits per heavy atom. The number of likely N-dealkylation sites (tertiary alicyclic amines) is 1. The number of halogens is 3. The van der Waals surface area contributed by atoms with Crippen molar-refractivity contribution in [1.29, 1.82) is 0 Å². The number of guanidine groups is 1. The topological polar surface area (TPSA) is 52.8 Å². The first-order valence-electron chi connectivity index (χ1n) is 9.30. The zero-order valence-corrected chi connectivity index (χ0v) is 15.3. The molecule has 0 spiro atoms. The number of furan rings is 1. The average Bonchev–Trinajstić information content (AvgIpc) is 3.08. The summed E-state index contributed by atoms with van der Waals surface area (Å²) < 4.78 is 42.5. The van der Waals surface area contributed by atoms with Crippen LogP contribution in [0.15, 0.2) is 27.8 Å². The summed E-state index contributed by atoms with van der Waals surface area (Å²) in [5.74, 6) is 2.15. The lowest BCUT2D eigenvalue weighted by Gasteiger charge is -2.32. The van der Waals surface area contributed by atoms with E-state index in [1.165, 1.54) is 4.90 Å². The molecular weight excluding hydrogens is 345 g/mol. The third-order valence-corrected chi connectivity index (χ3v) is 4.51. The number of nitrogens with zero attached hydrogens (tertiary/aromatic N) is 2. The lowest BCUT2D eigenvalue weighted by atomic mass is 9.93. The van der Waals surface area contributed by atoms with E-state index >= 15 is 0 Å². The van der Waals surface area contributed by atoms with Gasteiger partial charge in [0.1, 0.15) is 5.76 Å². The van der Waals surface area contributed by atoms with Crippen LogP contribution in [0.4, 0.5) is 13.2 Å². The van der Waals surface area contributed by atoms with Gasteiger partial charge < -0.3 is 15.1 Å². The normalized spacial score (nSPS) is 17.5. The van der Waals surface area contributed by atoms with Gasteiger partial charge in [-0.1, -0.05) is 0 Å². The van der Waals surface area contributed by atoms with E-state index in [0.717, 1.165) is 50.5 Å². The second kappa shape index (κ2) is 10.4. The van der Waals surface area contributed by atoms with E-state index in [2.05, 4.69) is 15.6 Å². The summed E-state index contributed by atoms with van der Waals surface area (Å²) in [6.07, 6.45) is 0.889. The summed E-state index contributed by atoms with van der Waals surface area (Å²) in [7, 11) is 0.